The number of imide groups is 2. The van der Waals surface area contributed by atoms with E-state index in [0.29, 0.717) is 23.7 Å². The lowest BCUT2D eigenvalue weighted by Gasteiger charge is -2.27. The van der Waals surface area contributed by atoms with E-state index in [0.717, 1.165) is 19.6 Å². The molecule has 1 N–H and O–H groups in total. The molecule has 0 saturated carbocycles. The molecule has 1 aliphatic rings. The topological polar surface area (TPSA) is 84.9 Å². The summed E-state index contributed by atoms with van der Waals surface area (Å²) in [6.45, 7) is 2.37. The maximum atomic E-state index is 13.2. The van der Waals surface area contributed by atoms with Crippen LogP contribution in [0.15, 0.2) is 66.2 Å². The maximum absolute atomic E-state index is 13.2. The highest BCUT2D eigenvalue weighted by molar-refractivity contribution is 14.1. The Hall–Kier alpha value is -3.37. The van der Waals surface area contributed by atoms with Gasteiger partial charge in [-0.1, -0.05) is 53.6 Å². The zero-order chi connectivity index (χ0) is 25.1. The predicted molar refractivity (Wildman–Crippen MR) is 142 cm³/mol. The fraction of sp³-hybridized carbons (Fsp3) is 0.115. The van der Waals surface area contributed by atoms with Crippen LogP contribution in [0.1, 0.15) is 16.7 Å². The van der Waals surface area contributed by atoms with Crippen LogP contribution in [0.5, 0.6) is 11.5 Å². The van der Waals surface area contributed by atoms with Crippen molar-refractivity contribution in [1.82, 2.24) is 5.32 Å². The molecule has 0 radical (unpaired) electrons. The van der Waals surface area contributed by atoms with E-state index in [-0.39, 0.29) is 16.3 Å². The molecule has 0 aromatic heterocycles. The number of para-hydroxylation sites is 1. The van der Waals surface area contributed by atoms with Gasteiger partial charge in [-0.15, -0.1) is 0 Å². The van der Waals surface area contributed by atoms with Gasteiger partial charge in [0.05, 0.1) is 21.4 Å². The largest absolute Gasteiger partial charge is 0.493 e. The van der Waals surface area contributed by atoms with Crippen LogP contribution < -0.4 is 19.7 Å². The third-order valence-corrected chi connectivity index (χ3v) is 6.38. The average Bonchev–Trinajstić information content (AvgIpc) is 2.83. The molecule has 3 aromatic rings. The molecule has 0 aliphatic carbocycles. The number of hydrogen-bond donors (Lipinski definition) is 1. The summed E-state index contributed by atoms with van der Waals surface area (Å²) in [5.74, 6) is -0.584. The van der Waals surface area contributed by atoms with Crippen LogP contribution in [-0.4, -0.2) is 25.0 Å². The Morgan fingerprint density at radius 3 is 2.46 bits per heavy atom. The number of nitrogens with zero attached hydrogens (tertiary/aromatic N) is 1. The Balaban J connectivity index is 1.64. The summed E-state index contributed by atoms with van der Waals surface area (Å²) < 4.78 is 12.2. The number of ether oxygens (including phenoxy) is 2. The molecule has 0 atom stereocenters. The zero-order valence-electron chi connectivity index (χ0n) is 18.8. The van der Waals surface area contributed by atoms with Gasteiger partial charge in [-0.25, -0.2) is 9.69 Å². The van der Waals surface area contributed by atoms with Gasteiger partial charge in [0.1, 0.15) is 12.2 Å². The number of rotatable bonds is 6. The molecule has 9 heteroatoms. The Morgan fingerprint density at radius 1 is 1.06 bits per heavy atom. The lowest BCUT2D eigenvalue weighted by molar-refractivity contribution is -0.122. The molecule has 1 fully saturated rings. The number of carbonyl (C=O) groups excluding carboxylic acids is 3. The first-order chi connectivity index (χ1) is 16.8. The number of urea groups is 1. The Morgan fingerprint density at radius 2 is 1.77 bits per heavy atom. The minimum Gasteiger partial charge on any atom is -0.493 e. The Labute approximate surface area is 220 Å². The standard InChI is InChI=1S/C26H20ClIN2O5/c1-15-7-9-16(10-8-15)14-35-23-20(28)12-17(13-22(23)34-2)11-18-24(31)29-26(33)30(25(18)32)21-6-4-3-5-19(21)27/h3-13H,14H2,1-2H3,(H,29,31,33)/b18-11+. The van der Waals surface area contributed by atoms with Crippen LogP contribution in [0.4, 0.5) is 10.5 Å². The van der Waals surface area contributed by atoms with Crippen molar-refractivity contribution in [3.05, 3.63) is 91.5 Å². The van der Waals surface area contributed by atoms with Crippen LogP contribution in [0, 0.1) is 10.5 Å². The third-order valence-electron chi connectivity index (χ3n) is 5.26. The summed E-state index contributed by atoms with van der Waals surface area (Å²) in [5.41, 5.74) is 2.67. The first kappa shape index (κ1) is 24.7. The number of carbonyl (C=O) groups is 3. The molecular formula is C26H20ClIN2O5. The summed E-state index contributed by atoms with van der Waals surface area (Å²) >= 11 is 8.29. The molecule has 1 saturated heterocycles. The molecule has 1 aliphatic heterocycles. The molecule has 178 valence electrons. The number of amides is 4. The number of barbiturate groups is 1. The van der Waals surface area contributed by atoms with Crippen molar-refractivity contribution in [2.45, 2.75) is 13.5 Å². The summed E-state index contributed by atoms with van der Waals surface area (Å²) in [5, 5.41) is 2.40. The van der Waals surface area contributed by atoms with Gasteiger partial charge in [-0.2, -0.15) is 0 Å². The van der Waals surface area contributed by atoms with Crippen molar-refractivity contribution in [3.63, 3.8) is 0 Å². The molecule has 35 heavy (non-hydrogen) atoms. The van der Waals surface area contributed by atoms with Crippen LogP contribution in [0.25, 0.3) is 6.08 Å². The van der Waals surface area contributed by atoms with Gasteiger partial charge in [0.15, 0.2) is 11.5 Å². The molecule has 7 nitrogen and oxygen atoms in total. The number of hydrogen-bond acceptors (Lipinski definition) is 5. The fourth-order valence-electron chi connectivity index (χ4n) is 3.48. The van der Waals surface area contributed by atoms with Gasteiger partial charge in [-0.05, 0) is 71.0 Å². The van der Waals surface area contributed by atoms with Crippen LogP contribution >= 0.6 is 34.2 Å². The van der Waals surface area contributed by atoms with E-state index in [4.69, 9.17) is 21.1 Å². The third kappa shape index (κ3) is 5.33. The van der Waals surface area contributed by atoms with E-state index in [1.54, 1.807) is 30.3 Å². The second kappa shape index (κ2) is 10.5. The van der Waals surface area contributed by atoms with Crippen molar-refractivity contribution in [2.24, 2.45) is 0 Å². The van der Waals surface area contributed by atoms with Gasteiger partial charge >= 0.3 is 6.03 Å². The minimum atomic E-state index is -0.864. The number of anilines is 1. The normalized spacial score (nSPS) is 14.8. The summed E-state index contributed by atoms with van der Waals surface area (Å²) in [6, 6.07) is 17.0. The number of methoxy groups -OCH3 is 1. The molecule has 4 amide bonds. The highest BCUT2D eigenvalue weighted by atomic mass is 127. The van der Waals surface area contributed by atoms with Crippen LogP contribution in [0.2, 0.25) is 5.02 Å². The van der Waals surface area contributed by atoms with Gasteiger partial charge in [0.25, 0.3) is 11.8 Å². The highest BCUT2D eigenvalue weighted by Crippen LogP contribution is 2.36. The molecule has 0 spiro atoms. The van der Waals surface area contributed by atoms with E-state index in [2.05, 4.69) is 27.9 Å². The van der Waals surface area contributed by atoms with Crippen molar-refractivity contribution in [3.8, 4) is 11.5 Å². The lowest BCUT2D eigenvalue weighted by atomic mass is 10.1. The van der Waals surface area contributed by atoms with E-state index in [9.17, 15) is 14.4 Å². The smallest absolute Gasteiger partial charge is 0.335 e. The lowest BCUT2D eigenvalue weighted by Crippen LogP contribution is -2.54. The van der Waals surface area contributed by atoms with Gasteiger partial charge in [0, 0.05) is 0 Å². The number of benzene rings is 3. The SMILES string of the molecule is COc1cc(/C=C2\C(=O)NC(=O)N(c3ccccc3Cl)C2=O)cc(I)c1OCc1ccc(C)cc1. The average molecular weight is 603 g/mol. The predicted octanol–water partition coefficient (Wildman–Crippen LogP) is 5.51. The van der Waals surface area contributed by atoms with Gasteiger partial charge in [0.2, 0.25) is 0 Å². The fourth-order valence-corrected chi connectivity index (χ4v) is 4.48. The molecule has 0 unspecified atom stereocenters. The molecular weight excluding hydrogens is 583 g/mol. The maximum Gasteiger partial charge on any atom is 0.335 e. The second-order valence-electron chi connectivity index (χ2n) is 7.72. The quantitative estimate of drug-likeness (QED) is 0.229. The monoisotopic (exact) mass is 602 g/mol. The Kier molecular flexibility index (Phi) is 7.42. The summed E-state index contributed by atoms with van der Waals surface area (Å²) in [6.07, 6.45) is 1.41. The van der Waals surface area contributed by atoms with Gasteiger partial charge < -0.3 is 9.47 Å². The molecule has 1 heterocycles. The van der Waals surface area contributed by atoms with E-state index in [1.807, 2.05) is 31.2 Å². The molecule has 0 bridgehead atoms. The van der Waals surface area contributed by atoms with E-state index < -0.39 is 17.8 Å². The summed E-state index contributed by atoms with van der Waals surface area (Å²) in [7, 11) is 1.51. The first-order valence-corrected chi connectivity index (χ1v) is 12.0. The van der Waals surface area contributed by atoms with Gasteiger partial charge in [-0.3, -0.25) is 14.9 Å². The zero-order valence-corrected chi connectivity index (χ0v) is 21.7. The summed E-state index contributed by atoms with van der Waals surface area (Å²) in [4.78, 5) is 39.0. The minimum absolute atomic E-state index is 0.182. The van der Waals surface area contributed by atoms with Crippen molar-refractivity contribution < 1.29 is 23.9 Å². The van der Waals surface area contributed by atoms with Crippen molar-refractivity contribution in [2.75, 3.05) is 12.0 Å². The van der Waals surface area contributed by atoms with Crippen molar-refractivity contribution in [1.29, 1.82) is 0 Å². The first-order valence-electron chi connectivity index (χ1n) is 10.5. The van der Waals surface area contributed by atoms with Crippen LogP contribution in [0.3, 0.4) is 0 Å². The number of aryl methyl sites for hydroxylation is 1. The van der Waals surface area contributed by atoms with E-state index >= 15 is 0 Å². The number of halogens is 2. The Bertz CT molecular complexity index is 1350. The van der Waals surface area contributed by atoms with Crippen LogP contribution in [-0.2, 0) is 16.2 Å². The highest BCUT2D eigenvalue weighted by Gasteiger charge is 2.37. The number of nitrogens with one attached hydrogen (secondary N) is 1. The van der Waals surface area contributed by atoms with Crippen molar-refractivity contribution >= 4 is 63.8 Å². The molecule has 3 aromatic carbocycles. The van der Waals surface area contributed by atoms with E-state index in [1.165, 1.54) is 19.3 Å². The second-order valence-corrected chi connectivity index (χ2v) is 9.29. The molecule has 4 rings (SSSR count).